The molecule has 2 unspecified atom stereocenters. The van der Waals surface area contributed by atoms with Crippen LogP contribution in [0.15, 0.2) is 46.8 Å². The number of amides is 1. The molecule has 1 aromatic carbocycles. The molecule has 166 valence electrons. The summed E-state index contributed by atoms with van der Waals surface area (Å²) in [6.07, 6.45) is 2.65. The Morgan fingerprint density at radius 3 is 2.87 bits per heavy atom. The van der Waals surface area contributed by atoms with Gasteiger partial charge >= 0.3 is 0 Å². The molecule has 7 heteroatoms. The van der Waals surface area contributed by atoms with E-state index in [1.54, 1.807) is 0 Å². The van der Waals surface area contributed by atoms with E-state index in [4.69, 9.17) is 0 Å². The predicted molar refractivity (Wildman–Crippen MR) is 127 cm³/mol. The van der Waals surface area contributed by atoms with Gasteiger partial charge in [0.15, 0.2) is 5.96 Å². The van der Waals surface area contributed by atoms with Crippen molar-refractivity contribution in [1.29, 1.82) is 0 Å². The van der Waals surface area contributed by atoms with Gasteiger partial charge in [-0.05, 0) is 35.4 Å². The maximum atomic E-state index is 12.0. The number of nitrogens with zero attached hydrogens (tertiary/aromatic N) is 3. The molecule has 1 aromatic heterocycles. The fourth-order valence-corrected chi connectivity index (χ4v) is 5.47. The molecule has 2 aromatic rings. The zero-order valence-electron chi connectivity index (χ0n) is 18.5. The molecular formula is C24H33N5OS. The molecule has 0 spiro atoms. The fourth-order valence-electron chi connectivity index (χ4n) is 4.58. The summed E-state index contributed by atoms with van der Waals surface area (Å²) in [6, 6.07) is 13.5. The third kappa shape index (κ3) is 5.28. The first-order valence-corrected chi connectivity index (χ1v) is 12.1. The first-order valence-electron chi connectivity index (χ1n) is 11.3. The van der Waals surface area contributed by atoms with E-state index in [1.807, 2.05) is 30.2 Å². The van der Waals surface area contributed by atoms with Crippen LogP contribution in [0.25, 0.3) is 0 Å². The van der Waals surface area contributed by atoms with Gasteiger partial charge in [0.05, 0.1) is 6.04 Å². The van der Waals surface area contributed by atoms with Crippen LogP contribution in [-0.2, 0) is 17.8 Å². The number of aliphatic imine (C=N–C) groups is 1. The van der Waals surface area contributed by atoms with Crippen LogP contribution in [0.3, 0.4) is 0 Å². The SMILES string of the molecule is CCC(=O)N1CCC(NC(=NC)NCC(c2ccccc2)N2CCc3sccc3C2)C1. The van der Waals surface area contributed by atoms with Gasteiger partial charge in [-0.15, -0.1) is 11.3 Å². The van der Waals surface area contributed by atoms with Gasteiger partial charge in [0.1, 0.15) is 0 Å². The molecule has 3 heterocycles. The van der Waals surface area contributed by atoms with E-state index in [9.17, 15) is 4.79 Å². The lowest BCUT2D eigenvalue weighted by Gasteiger charge is -2.35. The predicted octanol–water partition coefficient (Wildman–Crippen LogP) is 3.02. The molecule has 1 fully saturated rings. The van der Waals surface area contributed by atoms with Gasteiger partial charge in [-0.25, -0.2) is 0 Å². The Hall–Kier alpha value is -2.38. The Morgan fingerprint density at radius 2 is 2.10 bits per heavy atom. The lowest BCUT2D eigenvalue weighted by molar-refractivity contribution is -0.129. The second-order valence-electron chi connectivity index (χ2n) is 8.29. The summed E-state index contributed by atoms with van der Waals surface area (Å²) >= 11 is 1.88. The average molecular weight is 440 g/mol. The van der Waals surface area contributed by atoms with Crippen LogP contribution >= 0.6 is 11.3 Å². The van der Waals surface area contributed by atoms with Crippen molar-refractivity contribution < 1.29 is 4.79 Å². The monoisotopic (exact) mass is 439 g/mol. The molecule has 0 aliphatic carbocycles. The number of thiophene rings is 1. The van der Waals surface area contributed by atoms with E-state index >= 15 is 0 Å². The average Bonchev–Trinajstić information content (AvgIpc) is 3.47. The van der Waals surface area contributed by atoms with Crippen molar-refractivity contribution in [3.63, 3.8) is 0 Å². The van der Waals surface area contributed by atoms with Crippen molar-refractivity contribution in [2.45, 2.75) is 44.8 Å². The number of guanidine groups is 1. The Kier molecular flexibility index (Phi) is 7.25. The molecule has 2 N–H and O–H groups in total. The number of rotatable bonds is 6. The molecule has 1 saturated heterocycles. The quantitative estimate of drug-likeness (QED) is 0.537. The van der Waals surface area contributed by atoms with Crippen LogP contribution in [0, 0.1) is 0 Å². The Morgan fingerprint density at radius 1 is 1.26 bits per heavy atom. The largest absolute Gasteiger partial charge is 0.354 e. The first kappa shape index (κ1) is 21.8. The van der Waals surface area contributed by atoms with Crippen LogP contribution < -0.4 is 10.6 Å². The number of hydrogen-bond acceptors (Lipinski definition) is 4. The second-order valence-corrected chi connectivity index (χ2v) is 9.29. The molecule has 2 aliphatic rings. The van der Waals surface area contributed by atoms with Gasteiger partial charge < -0.3 is 15.5 Å². The molecule has 31 heavy (non-hydrogen) atoms. The van der Waals surface area contributed by atoms with Crippen molar-refractivity contribution >= 4 is 23.2 Å². The molecule has 1 amide bonds. The van der Waals surface area contributed by atoms with Gasteiger partial charge in [0.25, 0.3) is 0 Å². The minimum absolute atomic E-state index is 0.231. The summed E-state index contributed by atoms with van der Waals surface area (Å²) in [5.74, 6) is 1.04. The first-order chi connectivity index (χ1) is 15.2. The number of hydrogen-bond donors (Lipinski definition) is 2. The Balaban J connectivity index is 1.40. The molecule has 6 nitrogen and oxygen atoms in total. The highest BCUT2D eigenvalue weighted by Gasteiger charge is 2.28. The smallest absolute Gasteiger partial charge is 0.222 e. The second kappa shape index (κ2) is 10.3. The van der Waals surface area contributed by atoms with Crippen molar-refractivity contribution in [3.8, 4) is 0 Å². The highest BCUT2D eigenvalue weighted by molar-refractivity contribution is 7.10. The molecule has 0 bridgehead atoms. The number of fused-ring (bicyclic) bond motifs is 1. The molecule has 0 radical (unpaired) electrons. The van der Waals surface area contributed by atoms with Crippen molar-refractivity contribution in [3.05, 3.63) is 57.8 Å². The number of nitrogens with one attached hydrogen (secondary N) is 2. The van der Waals surface area contributed by atoms with E-state index in [1.165, 1.54) is 16.0 Å². The normalized spacial score (nSPS) is 20.4. The Bertz CT molecular complexity index is 896. The van der Waals surface area contributed by atoms with E-state index in [-0.39, 0.29) is 18.0 Å². The number of carbonyl (C=O) groups is 1. The third-order valence-corrected chi connectivity index (χ3v) is 7.36. The van der Waals surface area contributed by atoms with Gasteiger partial charge in [-0.1, -0.05) is 37.3 Å². The molecule has 0 saturated carbocycles. The van der Waals surface area contributed by atoms with Crippen LogP contribution in [0.1, 0.15) is 41.8 Å². The summed E-state index contributed by atoms with van der Waals surface area (Å²) in [7, 11) is 1.81. The zero-order chi connectivity index (χ0) is 21.6. The lowest BCUT2D eigenvalue weighted by atomic mass is 10.0. The van der Waals surface area contributed by atoms with Crippen LogP contribution in [-0.4, -0.2) is 60.9 Å². The van der Waals surface area contributed by atoms with Gasteiger partial charge in [0, 0.05) is 57.1 Å². The van der Waals surface area contributed by atoms with Crippen molar-refractivity contribution in [2.24, 2.45) is 4.99 Å². The molecular weight excluding hydrogens is 406 g/mol. The van der Waals surface area contributed by atoms with E-state index in [0.717, 1.165) is 51.5 Å². The highest BCUT2D eigenvalue weighted by Crippen LogP contribution is 2.30. The number of carbonyl (C=O) groups excluding carboxylic acids is 1. The number of likely N-dealkylation sites (tertiary alicyclic amines) is 1. The number of benzene rings is 1. The minimum Gasteiger partial charge on any atom is -0.354 e. The zero-order valence-corrected chi connectivity index (χ0v) is 19.3. The van der Waals surface area contributed by atoms with Crippen LogP contribution in [0.5, 0.6) is 0 Å². The highest BCUT2D eigenvalue weighted by atomic mass is 32.1. The third-order valence-electron chi connectivity index (χ3n) is 6.33. The topological polar surface area (TPSA) is 60.0 Å². The lowest BCUT2D eigenvalue weighted by Crippen LogP contribution is -2.48. The fraction of sp³-hybridized carbons (Fsp3) is 0.500. The summed E-state index contributed by atoms with van der Waals surface area (Å²) < 4.78 is 0. The summed E-state index contributed by atoms with van der Waals surface area (Å²) in [6.45, 7) is 6.34. The van der Waals surface area contributed by atoms with Gasteiger partial charge in [-0.2, -0.15) is 0 Å². The van der Waals surface area contributed by atoms with Gasteiger partial charge in [-0.3, -0.25) is 14.7 Å². The summed E-state index contributed by atoms with van der Waals surface area (Å²) in [4.78, 5) is 22.5. The molecule has 2 aliphatic heterocycles. The van der Waals surface area contributed by atoms with Crippen molar-refractivity contribution in [2.75, 3.05) is 33.2 Å². The summed E-state index contributed by atoms with van der Waals surface area (Å²) in [5.41, 5.74) is 2.79. The Labute approximate surface area is 189 Å². The minimum atomic E-state index is 0.231. The van der Waals surface area contributed by atoms with E-state index < -0.39 is 0 Å². The van der Waals surface area contributed by atoms with Gasteiger partial charge in [0.2, 0.25) is 5.91 Å². The van der Waals surface area contributed by atoms with E-state index in [2.05, 4.69) is 62.3 Å². The maximum absolute atomic E-state index is 12.0. The maximum Gasteiger partial charge on any atom is 0.222 e. The molecule has 2 atom stereocenters. The standard InChI is InChI=1S/C24H33N5OS/c1-3-23(30)29-12-9-20(17-29)27-24(25-2)26-15-21(18-7-5-4-6-8-18)28-13-10-22-19(16-28)11-14-31-22/h4-8,11,14,20-21H,3,9-10,12-13,15-17H2,1-2H3,(H2,25,26,27). The van der Waals surface area contributed by atoms with Crippen molar-refractivity contribution in [1.82, 2.24) is 20.4 Å². The van der Waals surface area contributed by atoms with Crippen LogP contribution in [0.2, 0.25) is 0 Å². The van der Waals surface area contributed by atoms with Crippen LogP contribution in [0.4, 0.5) is 0 Å². The van der Waals surface area contributed by atoms with E-state index in [0.29, 0.717) is 6.42 Å². The summed E-state index contributed by atoms with van der Waals surface area (Å²) in [5, 5.41) is 9.30. The molecule has 4 rings (SSSR count).